The molecular formula is C6H9N3. The Balaban J connectivity index is 3.12. The highest BCUT2D eigenvalue weighted by Crippen LogP contribution is 1.77. The Kier molecular flexibility index (Phi) is 4.49. The van der Waals surface area contributed by atoms with E-state index in [1.807, 2.05) is 12.1 Å². The first kappa shape index (κ1) is 7.94. The van der Waals surface area contributed by atoms with Crippen LogP contribution in [0.15, 0.2) is 0 Å². The zero-order valence-corrected chi connectivity index (χ0v) is 5.39. The molecule has 0 heterocycles. The molecule has 0 aliphatic carbocycles. The highest BCUT2D eigenvalue weighted by Gasteiger charge is 1.93. The van der Waals surface area contributed by atoms with E-state index in [1.165, 1.54) is 0 Å². The predicted molar refractivity (Wildman–Crippen MR) is 33.3 cm³/mol. The minimum absolute atomic E-state index is 0.140. The maximum Gasteiger partial charge on any atom is 0.0924 e. The van der Waals surface area contributed by atoms with Gasteiger partial charge in [-0.3, -0.25) is 0 Å². The van der Waals surface area contributed by atoms with Gasteiger partial charge in [0.1, 0.15) is 0 Å². The van der Waals surface area contributed by atoms with Crippen LogP contribution < -0.4 is 5.32 Å². The highest BCUT2D eigenvalue weighted by atomic mass is 14.9. The van der Waals surface area contributed by atoms with Gasteiger partial charge < -0.3 is 5.32 Å². The fourth-order valence-electron chi connectivity index (χ4n) is 0.390. The van der Waals surface area contributed by atoms with Gasteiger partial charge in [-0.15, -0.1) is 0 Å². The van der Waals surface area contributed by atoms with Crippen molar-refractivity contribution in [2.45, 2.75) is 19.4 Å². The Morgan fingerprint density at radius 3 is 2.67 bits per heavy atom. The van der Waals surface area contributed by atoms with Crippen molar-refractivity contribution in [1.82, 2.24) is 5.32 Å². The smallest absolute Gasteiger partial charge is 0.0924 e. The van der Waals surface area contributed by atoms with Crippen molar-refractivity contribution in [3.05, 3.63) is 0 Å². The van der Waals surface area contributed by atoms with Gasteiger partial charge in [0.2, 0.25) is 0 Å². The van der Waals surface area contributed by atoms with E-state index < -0.39 is 0 Å². The fourth-order valence-corrected chi connectivity index (χ4v) is 0.390. The maximum absolute atomic E-state index is 8.24. The van der Waals surface area contributed by atoms with Crippen molar-refractivity contribution in [2.24, 2.45) is 0 Å². The normalized spacial score (nSPS) is 11.4. The molecule has 0 fully saturated rings. The van der Waals surface area contributed by atoms with Crippen LogP contribution >= 0.6 is 0 Å². The van der Waals surface area contributed by atoms with Crippen LogP contribution in [0.25, 0.3) is 0 Å². The molecule has 3 heteroatoms. The lowest BCUT2D eigenvalue weighted by molar-refractivity contribution is 0.649. The van der Waals surface area contributed by atoms with E-state index in [4.69, 9.17) is 10.5 Å². The van der Waals surface area contributed by atoms with Gasteiger partial charge in [-0.05, 0) is 6.92 Å². The van der Waals surface area contributed by atoms with E-state index >= 15 is 0 Å². The van der Waals surface area contributed by atoms with Crippen LogP contribution in [0, 0.1) is 22.7 Å². The summed E-state index contributed by atoms with van der Waals surface area (Å²) in [5.41, 5.74) is 0. The predicted octanol–water partition coefficient (Wildman–Crippen LogP) is 0.402. The molecule has 3 nitrogen and oxygen atoms in total. The molecule has 0 spiro atoms. The third-order valence-corrected chi connectivity index (χ3v) is 0.881. The summed E-state index contributed by atoms with van der Waals surface area (Å²) in [5, 5.41) is 19.2. The Bertz CT molecular complexity index is 139. The van der Waals surface area contributed by atoms with Crippen LogP contribution in [0.2, 0.25) is 0 Å². The molecule has 0 aromatic rings. The second-order valence-electron chi connectivity index (χ2n) is 1.71. The van der Waals surface area contributed by atoms with E-state index in [0.717, 1.165) is 0 Å². The molecule has 0 saturated carbocycles. The molecule has 0 bridgehead atoms. The monoisotopic (exact) mass is 123 g/mol. The van der Waals surface area contributed by atoms with Crippen LogP contribution in [0.5, 0.6) is 0 Å². The van der Waals surface area contributed by atoms with Crippen molar-refractivity contribution in [3.63, 3.8) is 0 Å². The molecule has 0 radical (unpaired) electrons. The summed E-state index contributed by atoms with van der Waals surface area (Å²) in [6, 6.07) is 3.84. The molecule has 0 amide bonds. The van der Waals surface area contributed by atoms with E-state index in [2.05, 4.69) is 5.32 Å². The summed E-state index contributed by atoms with van der Waals surface area (Å²) >= 11 is 0. The molecule has 9 heavy (non-hydrogen) atoms. The van der Waals surface area contributed by atoms with Gasteiger partial charge in [-0.1, -0.05) is 0 Å². The lowest BCUT2D eigenvalue weighted by Crippen LogP contribution is -2.24. The highest BCUT2D eigenvalue weighted by molar-refractivity contribution is 4.86. The van der Waals surface area contributed by atoms with Gasteiger partial charge in [0, 0.05) is 13.0 Å². The van der Waals surface area contributed by atoms with Crippen molar-refractivity contribution in [3.8, 4) is 12.1 Å². The first-order valence-electron chi connectivity index (χ1n) is 2.81. The van der Waals surface area contributed by atoms with Gasteiger partial charge in [0.15, 0.2) is 0 Å². The number of hydrogen-bond donors (Lipinski definition) is 1. The zero-order valence-electron chi connectivity index (χ0n) is 5.39. The standard InChI is InChI=1S/C6H9N3/c1-6(5-8)9-4-2-3-7/h6,9H,2,4H2,1H3. The van der Waals surface area contributed by atoms with Gasteiger partial charge in [0.05, 0.1) is 18.2 Å². The maximum atomic E-state index is 8.24. The molecular weight excluding hydrogens is 114 g/mol. The first-order chi connectivity index (χ1) is 4.31. The van der Waals surface area contributed by atoms with E-state index in [9.17, 15) is 0 Å². The molecule has 48 valence electrons. The summed E-state index contributed by atoms with van der Waals surface area (Å²) in [5.74, 6) is 0. The summed E-state index contributed by atoms with van der Waals surface area (Å²) < 4.78 is 0. The quantitative estimate of drug-likeness (QED) is 0.552. The Hall–Kier alpha value is -1.06. The van der Waals surface area contributed by atoms with Crippen molar-refractivity contribution >= 4 is 0 Å². The third-order valence-electron chi connectivity index (χ3n) is 0.881. The van der Waals surface area contributed by atoms with Gasteiger partial charge in [0.25, 0.3) is 0 Å². The fraction of sp³-hybridized carbons (Fsp3) is 0.667. The minimum Gasteiger partial charge on any atom is -0.301 e. The minimum atomic E-state index is -0.140. The Morgan fingerprint density at radius 1 is 1.56 bits per heavy atom. The van der Waals surface area contributed by atoms with Crippen LogP contribution in [-0.2, 0) is 0 Å². The number of nitrogens with zero attached hydrogens (tertiary/aromatic N) is 2. The second-order valence-corrected chi connectivity index (χ2v) is 1.71. The molecule has 1 N–H and O–H groups in total. The van der Waals surface area contributed by atoms with E-state index in [0.29, 0.717) is 13.0 Å². The van der Waals surface area contributed by atoms with Crippen LogP contribution in [0.3, 0.4) is 0 Å². The number of nitrogens with one attached hydrogen (secondary N) is 1. The molecule has 0 aromatic heterocycles. The van der Waals surface area contributed by atoms with E-state index in [-0.39, 0.29) is 6.04 Å². The lowest BCUT2D eigenvalue weighted by atomic mass is 10.3. The van der Waals surface area contributed by atoms with E-state index in [1.54, 1.807) is 6.92 Å². The second kappa shape index (κ2) is 5.08. The van der Waals surface area contributed by atoms with Crippen LogP contribution in [0.1, 0.15) is 13.3 Å². The molecule has 1 unspecified atom stereocenters. The number of nitriles is 2. The van der Waals surface area contributed by atoms with Crippen LogP contribution in [0.4, 0.5) is 0 Å². The van der Waals surface area contributed by atoms with Gasteiger partial charge in [-0.2, -0.15) is 10.5 Å². The van der Waals surface area contributed by atoms with Crippen LogP contribution in [-0.4, -0.2) is 12.6 Å². The number of hydrogen-bond acceptors (Lipinski definition) is 3. The molecule has 0 aromatic carbocycles. The Morgan fingerprint density at radius 2 is 2.22 bits per heavy atom. The summed E-state index contributed by atoms with van der Waals surface area (Å²) in [6.07, 6.45) is 0.464. The molecule has 0 aliphatic heterocycles. The SMILES string of the molecule is CC(C#N)NCCC#N. The van der Waals surface area contributed by atoms with Gasteiger partial charge >= 0.3 is 0 Å². The average Bonchev–Trinajstić information content (AvgIpc) is 1.89. The lowest BCUT2D eigenvalue weighted by Gasteiger charge is -2.00. The summed E-state index contributed by atoms with van der Waals surface area (Å²) in [6.45, 7) is 2.36. The van der Waals surface area contributed by atoms with Crippen molar-refractivity contribution < 1.29 is 0 Å². The average molecular weight is 123 g/mol. The first-order valence-corrected chi connectivity index (χ1v) is 2.81. The molecule has 0 aliphatic rings. The van der Waals surface area contributed by atoms with Gasteiger partial charge in [-0.25, -0.2) is 0 Å². The molecule has 0 rings (SSSR count). The largest absolute Gasteiger partial charge is 0.301 e. The summed E-state index contributed by atoms with van der Waals surface area (Å²) in [7, 11) is 0. The van der Waals surface area contributed by atoms with Crippen molar-refractivity contribution in [2.75, 3.05) is 6.54 Å². The molecule has 0 saturated heterocycles. The topological polar surface area (TPSA) is 59.6 Å². The number of rotatable bonds is 3. The van der Waals surface area contributed by atoms with Crippen molar-refractivity contribution in [1.29, 1.82) is 10.5 Å². The Labute approximate surface area is 54.9 Å². The molecule has 1 atom stereocenters. The summed E-state index contributed by atoms with van der Waals surface area (Å²) in [4.78, 5) is 0. The third kappa shape index (κ3) is 4.80. The zero-order chi connectivity index (χ0) is 7.11.